The Balaban J connectivity index is 1.59. The maximum atomic E-state index is 12.9. The van der Waals surface area contributed by atoms with E-state index in [9.17, 15) is 28.1 Å². The largest absolute Gasteiger partial charge is 0.416 e. The highest BCUT2D eigenvalue weighted by atomic mass is 19.4. The molecule has 3 rings (SSSR count). The molecular formula is C22H25F3N4O4. The number of hydrogen-bond acceptors (Lipinski definition) is 6. The summed E-state index contributed by atoms with van der Waals surface area (Å²) in [5.74, 6) is -0.272. The van der Waals surface area contributed by atoms with E-state index in [0.29, 0.717) is 37.6 Å². The smallest absolute Gasteiger partial charge is 0.379 e. The Morgan fingerprint density at radius 2 is 1.79 bits per heavy atom. The van der Waals surface area contributed by atoms with Gasteiger partial charge in [-0.15, -0.1) is 0 Å². The van der Waals surface area contributed by atoms with Crippen LogP contribution in [0, 0.1) is 10.1 Å². The lowest BCUT2D eigenvalue weighted by molar-refractivity contribution is -0.384. The Bertz CT molecular complexity index is 947. The van der Waals surface area contributed by atoms with Gasteiger partial charge >= 0.3 is 6.18 Å². The van der Waals surface area contributed by atoms with Crippen molar-refractivity contribution in [2.45, 2.75) is 18.6 Å². The van der Waals surface area contributed by atoms with Crippen molar-refractivity contribution in [3.8, 4) is 0 Å². The van der Waals surface area contributed by atoms with Gasteiger partial charge in [0.05, 0.1) is 29.7 Å². The first kappa shape index (κ1) is 24.5. The number of para-hydroxylation sites is 2. The molecule has 1 heterocycles. The molecule has 1 amide bonds. The Morgan fingerprint density at radius 1 is 1.12 bits per heavy atom. The zero-order valence-electron chi connectivity index (χ0n) is 17.8. The Hall–Kier alpha value is -3.18. The summed E-state index contributed by atoms with van der Waals surface area (Å²) in [6, 6.07) is 10.8. The van der Waals surface area contributed by atoms with E-state index in [2.05, 4.69) is 15.5 Å². The molecule has 0 aromatic heterocycles. The summed E-state index contributed by atoms with van der Waals surface area (Å²) in [5, 5.41) is 16.8. The molecule has 33 heavy (non-hydrogen) atoms. The van der Waals surface area contributed by atoms with E-state index in [-0.39, 0.29) is 37.1 Å². The number of halogens is 3. The zero-order chi connectivity index (χ0) is 23.8. The van der Waals surface area contributed by atoms with Gasteiger partial charge in [0.15, 0.2) is 0 Å². The summed E-state index contributed by atoms with van der Waals surface area (Å²) in [7, 11) is 0. The van der Waals surface area contributed by atoms with Crippen LogP contribution in [-0.4, -0.2) is 55.1 Å². The van der Waals surface area contributed by atoms with Crippen molar-refractivity contribution in [3.63, 3.8) is 0 Å². The SMILES string of the molecule is O=C(CCNc1ccccc1[N+](=O)[O-])NCC(c1ccc(C(F)(F)F)cc1)N1CCOCC1. The van der Waals surface area contributed by atoms with Gasteiger partial charge in [-0.2, -0.15) is 13.2 Å². The number of nitro groups is 1. The monoisotopic (exact) mass is 466 g/mol. The number of amides is 1. The predicted molar refractivity (Wildman–Crippen MR) is 116 cm³/mol. The lowest BCUT2D eigenvalue weighted by Crippen LogP contribution is -2.44. The molecule has 0 radical (unpaired) electrons. The number of ether oxygens (including phenoxy) is 1. The fourth-order valence-corrected chi connectivity index (χ4v) is 3.63. The van der Waals surface area contributed by atoms with Gasteiger partial charge in [0.25, 0.3) is 5.69 Å². The highest BCUT2D eigenvalue weighted by molar-refractivity contribution is 5.76. The van der Waals surface area contributed by atoms with Crippen LogP contribution in [0.4, 0.5) is 24.5 Å². The zero-order valence-corrected chi connectivity index (χ0v) is 17.8. The van der Waals surface area contributed by atoms with Gasteiger partial charge in [-0.1, -0.05) is 24.3 Å². The van der Waals surface area contributed by atoms with Crippen molar-refractivity contribution in [1.29, 1.82) is 0 Å². The summed E-state index contributed by atoms with van der Waals surface area (Å²) >= 11 is 0. The van der Waals surface area contributed by atoms with Crippen molar-refractivity contribution >= 4 is 17.3 Å². The van der Waals surface area contributed by atoms with Gasteiger partial charge < -0.3 is 15.4 Å². The lowest BCUT2D eigenvalue weighted by atomic mass is 10.0. The standard InChI is InChI=1S/C22H25F3N4O4/c23-22(24,25)17-7-5-16(6-8-17)20(28-11-13-33-14-12-28)15-27-21(30)9-10-26-18-3-1-2-4-19(18)29(31)32/h1-8,20,26H,9-15H2,(H,27,30). The third-order valence-electron chi connectivity index (χ3n) is 5.37. The first-order valence-electron chi connectivity index (χ1n) is 10.5. The van der Waals surface area contributed by atoms with Gasteiger partial charge in [0.1, 0.15) is 5.69 Å². The minimum Gasteiger partial charge on any atom is -0.379 e. The molecule has 2 aromatic rings. The minimum atomic E-state index is -4.41. The second kappa shape index (κ2) is 11.1. The van der Waals surface area contributed by atoms with Crippen LogP contribution in [0.5, 0.6) is 0 Å². The molecule has 8 nitrogen and oxygen atoms in total. The average Bonchev–Trinajstić information content (AvgIpc) is 2.80. The van der Waals surface area contributed by atoms with Crippen LogP contribution in [0.1, 0.15) is 23.6 Å². The molecule has 1 fully saturated rings. The normalized spacial score (nSPS) is 15.6. The Kier molecular flexibility index (Phi) is 8.23. The fourth-order valence-electron chi connectivity index (χ4n) is 3.63. The highest BCUT2D eigenvalue weighted by Crippen LogP contribution is 2.31. The number of nitrogens with zero attached hydrogens (tertiary/aromatic N) is 2. The van der Waals surface area contributed by atoms with Crippen molar-refractivity contribution < 1.29 is 27.6 Å². The maximum Gasteiger partial charge on any atom is 0.416 e. The van der Waals surface area contributed by atoms with E-state index in [4.69, 9.17) is 4.74 Å². The molecule has 178 valence electrons. The number of anilines is 1. The first-order valence-corrected chi connectivity index (χ1v) is 10.5. The van der Waals surface area contributed by atoms with Gasteiger partial charge in [-0.3, -0.25) is 19.8 Å². The molecule has 1 unspecified atom stereocenters. The van der Waals surface area contributed by atoms with E-state index < -0.39 is 16.7 Å². The molecule has 1 aliphatic heterocycles. The van der Waals surface area contributed by atoms with E-state index in [1.165, 1.54) is 18.2 Å². The van der Waals surface area contributed by atoms with Gasteiger partial charge in [0.2, 0.25) is 5.91 Å². The molecule has 0 bridgehead atoms. The van der Waals surface area contributed by atoms with Crippen molar-refractivity contribution in [2.75, 3.05) is 44.7 Å². The summed E-state index contributed by atoms with van der Waals surface area (Å²) < 4.78 is 44.1. The first-order chi connectivity index (χ1) is 15.8. The number of morpholine rings is 1. The predicted octanol–water partition coefficient (Wildman–Crippen LogP) is 3.61. The minimum absolute atomic E-state index is 0.0763. The fraction of sp³-hybridized carbons (Fsp3) is 0.409. The third kappa shape index (κ3) is 6.90. The quantitative estimate of drug-likeness (QED) is 0.433. The van der Waals surface area contributed by atoms with Crippen LogP contribution in [0.3, 0.4) is 0 Å². The number of carbonyl (C=O) groups is 1. The molecule has 2 N–H and O–H groups in total. The molecule has 11 heteroatoms. The van der Waals surface area contributed by atoms with E-state index in [1.807, 2.05) is 0 Å². The summed E-state index contributed by atoms with van der Waals surface area (Å²) in [6.45, 7) is 2.62. The van der Waals surface area contributed by atoms with Crippen molar-refractivity contribution in [3.05, 3.63) is 69.8 Å². The van der Waals surface area contributed by atoms with E-state index >= 15 is 0 Å². The highest BCUT2D eigenvalue weighted by Gasteiger charge is 2.31. The van der Waals surface area contributed by atoms with Crippen LogP contribution in [-0.2, 0) is 15.7 Å². The van der Waals surface area contributed by atoms with Crippen LogP contribution < -0.4 is 10.6 Å². The summed E-state index contributed by atoms with van der Waals surface area (Å²) in [4.78, 5) is 25.0. The second-order valence-electron chi connectivity index (χ2n) is 7.54. The maximum absolute atomic E-state index is 12.9. The van der Waals surface area contributed by atoms with E-state index in [0.717, 1.165) is 12.1 Å². The van der Waals surface area contributed by atoms with Crippen LogP contribution >= 0.6 is 0 Å². The van der Waals surface area contributed by atoms with E-state index in [1.54, 1.807) is 18.2 Å². The van der Waals surface area contributed by atoms with Crippen molar-refractivity contribution in [2.24, 2.45) is 0 Å². The van der Waals surface area contributed by atoms with Gasteiger partial charge in [-0.25, -0.2) is 0 Å². The average molecular weight is 466 g/mol. The van der Waals surface area contributed by atoms with Crippen LogP contribution in [0.2, 0.25) is 0 Å². The number of benzene rings is 2. The third-order valence-corrected chi connectivity index (χ3v) is 5.37. The molecular weight excluding hydrogens is 441 g/mol. The Labute approximate surface area is 188 Å². The van der Waals surface area contributed by atoms with Crippen molar-refractivity contribution in [1.82, 2.24) is 10.2 Å². The molecule has 1 aliphatic rings. The molecule has 0 spiro atoms. The molecule has 0 saturated carbocycles. The Morgan fingerprint density at radius 3 is 2.42 bits per heavy atom. The number of hydrogen-bond donors (Lipinski definition) is 2. The lowest BCUT2D eigenvalue weighted by Gasteiger charge is -2.35. The topological polar surface area (TPSA) is 96.7 Å². The summed E-state index contributed by atoms with van der Waals surface area (Å²) in [6.07, 6.45) is -4.34. The summed E-state index contributed by atoms with van der Waals surface area (Å²) in [5.41, 5.74) is 0.194. The van der Waals surface area contributed by atoms with Crippen LogP contribution in [0.25, 0.3) is 0 Å². The molecule has 0 aliphatic carbocycles. The number of carbonyl (C=O) groups excluding carboxylic acids is 1. The molecule has 1 atom stereocenters. The van der Waals surface area contributed by atoms with Crippen LogP contribution in [0.15, 0.2) is 48.5 Å². The second-order valence-corrected chi connectivity index (χ2v) is 7.54. The molecule has 1 saturated heterocycles. The number of rotatable bonds is 9. The van der Waals surface area contributed by atoms with Gasteiger partial charge in [-0.05, 0) is 23.8 Å². The number of alkyl halides is 3. The van der Waals surface area contributed by atoms with Gasteiger partial charge in [0, 0.05) is 38.7 Å². The molecule has 2 aromatic carbocycles. The number of nitro benzene ring substituents is 1. The number of nitrogens with one attached hydrogen (secondary N) is 2.